The van der Waals surface area contributed by atoms with Crippen LogP contribution >= 0.6 is 12.2 Å². The first-order chi connectivity index (χ1) is 11.5. The predicted octanol–water partition coefficient (Wildman–Crippen LogP) is 3.05. The Balaban J connectivity index is 2.09. The van der Waals surface area contributed by atoms with Crippen LogP contribution in [-0.4, -0.2) is 37.2 Å². The number of rotatable bonds is 7. The molecule has 1 atom stereocenters. The van der Waals surface area contributed by atoms with Crippen molar-refractivity contribution >= 4 is 34.0 Å². The number of thiocarbonyl (C=S) groups is 1. The summed E-state index contributed by atoms with van der Waals surface area (Å²) in [5, 5.41) is 8.75. The summed E-state index contributed by atoms with van der Waals surface area (Å²) >= 11 is 5.20. The molecule has 0 aliphatic rings. The third-order valence-corrected chi connectivity index (χ3v) is 3.49. The summed E-state index contributed by atoms with van der Waals surface area (Å²) in [4.78, 5) is 0. The summed E-state index contributed by atoms with van der Waals surface area (Å²) in [6.45, 7) is 6.92. The van der Waals surface area contributed by atoms with Gasteiger partial charge in [0.05, 0.1) is 13.2 Å². The first kappa shape index (κ1) is 18.2. The molecule has 2 rings (SSSR count). The maximum atomic E-state index is 5.89. The molecule has 6 nitrogen and oxygen atoms in total. The van der Waals surface area contributed by atoms with Crippen LogP contribution in [0.25, 0.3) is 11.0 Å². The van der Waals surface area contributed by atoms with E-state index in [1.165, 1.54) is 0 Å². The first-order valence-electron chi connectivity index (χ1n) is 7.80. The van der Waals surface area contributed by atoms with Crippen molar-refractivity contribution in [2.24, 2.45) is 5.10 Å². The minimum Gasteiger partial charge on any atom is -0.490 e. The Morgan fingerprint density at radius 1 is 1.42 bits per heavy atom. The third kappa shape index (κ3) is 4.69. The highest BCUT2D eigenvalue weighted by atomic mass is 32.1. The van der Waals surface area contributed by atoms with Gasteiger partial charge in [-0.1, -0.05) is 12.1 Å². The SMILES string of the molecule is CCOc1cccc2cc(/C(C)=N\NC(=S)N[C@H](C)COC)oc12. The van der Waals surface area contributed by atoms with Gasteiger partial charge >= 0.3 is 0 Å². The van der Waals surface area contributed by atoms with E-state index in [9.17, 15) is 0 Å². The number of nitrogens with zero attached hydrogens (tertiary/aromatic N) is 1. The molecule has 130 valence electrons. The highest BCUT2D eigenvalue weighted by Gasteiger charge is 2.11. The zero-order valence-electron chi connectivity index (χ0n) is 14.4. The Morgan fingerprint density at radius 2 is 2.21 bits per heavy atom. The van der Waals surface area contributed by atoms with Crippen LogP contribution in [0.2, 0.25) is 0 Å². The van der Waals surface area contributed by atoms with Gasteiger partial charge in [0.1, 0.15) is 5.71 Å². The normalized spacial score (nSPS) is 12.9. The van der Waals surface area contributed by atoms with Crippen LogP contribution in [0.15, 0.2) is 33.8 Å². The zero-order chi connectivity index (χ0) is 17.5. The average molecular weight is 349 g/mol. The molecule has 0 spiro atoms. The summed E-state index contributed by atoms with van der Waals surface area (Å²) in [5.74, 6) is 1.39. The summed E-state index contributed by atoms with van der Waals surface area (Å²) < 4.78 is 16.5. The molecule has 0 saturated heterocycles. The standard InChI is InChI=1S/C17H23N3O3S/c1-5-22-14-8-6-7-13-9-15(23-16(13)14)12(3)19-20-17(24)18-11(2)10-21-4/h6-9,11H,5,10H2,1-4H3,(H2,18,20,24)/b19-12-/t11-/m1/s1. The Labute approximate surface area is 147 Å². The van der Waals surface area contributed by atoms with Gasteiger partial charge in [0.2, 0.25) is 0 Å². The summed E-state index contributed by atoms with van der Waals surface area (Å²) in [6.07, 6.45) is 0. The van der Waals surface area contributed by atoms with Crippen molar-refractivity contribution in [1.29, 1.82) is 0 Å². The highest BCUT2D eigenvalue weighted by Crippen LogP contribution is 2.28. The van der Waals surface area contributed by atoms with Gasteiger partial charge in [-0.2, -0.15) is 5.10 Å². The van der Waals surface area contributed by atoms with Gasteiger partial charge in [0.25, 0.3) is 0 Å². The topological polar surface area (TPSA) is 68.0 Å². The third-order valence-electron chi connectivity index (χ3n) is 3.28. The molecule has 0 unspecified atom stereocenters. The van der Waals surface area contributed by atoms with Crippen molar-refractivity contribution < 1.29 is 13.9 Å². The lowest BCUT2D eigenvalue weighted by Crippen LogP contribution is -2.40. The largest absolute Gasteiger partial charge is 0.490 e. The lowest BCUT2D eigenvalue weighted by molar-refractivity contribution is 0.179. The minimum absolute atomic E-state index is 0.102. The van der Waals surface area contributed by atoms with E-state index in [1.807, 2.05) is 45.0 Å². The first-order valence-corrected chi connectivity index (χ1v) is 8.21. The molecule has 7 heteroatoms. The Hall–Kier alpha value is -2.12. The number of furan rings is 1. The van der Waals surface area contributed by atoms with E-state index in [4.69, 9.17) is 26.1 Å². The molecule has 2 N–H and O–H groups in total. The maximum Gasteiger partial charge on any atom is 0.187 e. The van der Waals surface area contributed by atoms with Crippen LogP contribution in [0.3, 0.4) is 0 Å². The van der Waals surface area contributed by atoms with Gasteiger partial charge in [-0.25, -0.2) is 0 Å². The van der Waals surface area contributed by atoms with Gasteiger partial charge in [-0.15, -0.1) is 0 Å². The summed E-state index contributed by atoms with van der Waals surface area (Å²) in [7, 11) is 1.65. The predicted molar refractivity (Wildman–Crippen MR) is 99.8 cm³/mol. The molecule has 24 heavy (non-hydrogen) atoms. The van der Waals surface area contributed by atoms with Crippen LogP contribution < -0.4 is 15.5 Å². The number of nitrogens with one attached hydrogen (secondary N) is 2. The van der Waals surface area contributed by atoms with Crippen LogP contribution in [0.4, 0.5) is 0 Å². The van der Waals surface area contributed by atoms with Crippen molar-refractivity contribution in [3.05, 3.63) is 30.0 Å². The molecule has 0 amide bonds. The zero-order valence-corrected chi connectivity index (χ0v) is 15.2. The lowest BCUT2D eigenvalue weighted by atomic mass is 10.2. The second kappa shape index (κ2) is 8.65. The van der Waals surface area contributed by atoms with Crippen molar-refractivity contribution in [1.82, 2.24) is 10.7 Å². The van der Waals surface area contributed by atoms with E-state index in [-0.39, 0.29) is 6.04 Å². The van der Waals surface area contributed by atoms with Crippen LogP contribution in [0, 0.1) is 0 Å². The summed E-state index contributed by atoms with van der Waals surface area (Å²) in [5.41, 5.74) is 4.23. The van der Waals surface area contributed by atoms with Gasteiger partial charge in [-0.3, -0.25) is 5.43 Å². The van der Waals surface area contributed by atoms with E-state index < -0.39 is 0 Å². The van der Waals surface area contributed by atoms with E-state index in [2.05, 4.69) is 15.8 Å². The summed E-state index contributed by atoms with van der Waals surface area (Å²) in [6, 6.07) is 7.84. The smallest absolute Gasteiger partial charge is 0.187 e. The molecule has 0 fully saturated rings. The van der Waals surface area contributed by atoms with E-state index in [0.29, 0.717) is 29.8 Å². The number of methoxy groups -OCH3 is 1. The number of hydrogen-bond donors (Lipinski definition) is 2. The van der Waals surface area contributed by atoms with E-state index in [1.54, 1.807) is 7.11 Å². The molecule has 1 heterocycles. The number of hydrogen-bond acceptors (Lipinski definition) is 5. The van der Waals surface area contributed by atoms with Crippen LogP contribution in [-0.2, 0) is 4.74 Å². The highest BCUT2D eigenvalue weighted by molar-refractivity contribution is 7.80. The second-order valence-electron chi connectivity index (χ2n) is 5.36. The molecule has 1 aromatic heterocycles. The molecule has 0 saturated carbocycles. The minimum atomic E-state index is 0.102. The van der Waals surface area contributed by atoms with Gasteiger partial charge in [0, 0.05) is 18.5 Å². The molecule has 1 aromatic carbocycles. The average Bonchev–Trinajstić information content (AvgIpc) is 2.98. The number of fused-ring (bicyclic) bond motifs is 1. The fraction of sp³-hybridized carbons (Fsp3) is 0.412. The molecular formula is C17H23N3O3S. The molecular weight excluding hydrogens is 326 g/mol. The Morgan fingerprint density at radius 3 is 2.92 bits per heavy atom. The quantitative estimate of drug-likeness (QED) is 0.455. The van der Waals surface area contributed by atoms with Crippen LogP contribution in [0.5, 0.6) is 5.75 Å². The fourth-order valence-electron chi connectivity index (χ4n) is 2.22. The molecule has 0 aliphatic carbocycles. The lowest BCUT2D eigenvalue weighted by Gasteiger charge is -2.14. The maximum absolute atomic E-state index is 5.89. The van der Waals surface area contributed by atoms with Crippen molar-refractivity contribution in [2.75, 3.05) is 20.3 Å². The molecule has 0 radical (unpaired) electrons. The van der Waals surface area contributed by atoms with E-state index in [0.717, 1.165) is 16.7 Å². The van der Waals surface area contributed by atoms with Gasteiger partial charge in [-0.05, 0) is 45.1 Å². The Bertz CT molecular complexity index is 727. The number of para-hydroxylation sites is 1. The monoisotopic (exact) mass is 349 g/mol. The van der Waals surface area contributed by atoms with Gasteiger partial charge < -0.3 is 19.2 Å². The van der Waals surface area contributed by atoms with Crippen molar-refractivity contribution in [3.63, 3.8) is 0 Å². The van der Waals surface area contributed by atoms with Gasteiger partial charge in [0.15, 0.2) is 22.2 Å². The number of benzene rings is 1. The van der Waals surface area contributed by atoms with Crippen molar-refractivity contribution in [2.45, 2.75) is 26.8 Å². The molecule has 0 aliphatic heterocycles. The number of ether oxygens (including phenoxy) is 2. The van der Waals surface area contributed by atoms with E-state index >= 15 is 0 Å². The fourth-order valence-corrected chi connectivity index (χ4v) is 2.47. The van der Waals surface area contributed by atoms with Crippen molar-refractivity contribution in [3.8, 4) is 5.75 Å². The molecule has 2 aromatic rings. The second-order valence-corrected chi connectivity index (χ2v) is 5.77. The number of hydrazone groups is 1. The molecule has 0 bridgehead atoms. The Kier molecular flexibility index (Phi) is 6.57. The van der Waals surface area contributed by atoms with Crippen LogP contribution in [0.1, 0.15) is 26.5 Å².